The van der Waals surface area contributed by atoms with Gasteiger partial charge in [-0.3, -0.25) is 4.79 Å². The van der Waals surface area contributed by atoms with Crippen LogP contribution in [0.2, 0.25) is 0 Å². The van der Waals surface area contributed by atoms with Gasteiger partial charge < -0.3 is 14.1 Å². The fraction of sp³-hybridized carbons (Fsp3) is 0.474. The summed E-state index contributed by atoms with van der Waals surface area (Å²) in [5, 5.41) is 0. The minimum atomic E-state index is 0.190. The molecular formula is C19H22N2O3. The number of carbonyl (C=O) groups excluding carboxylic acids is 1. The van der Waals surface area contributed by atoms with Crippen LogP contribution in [0.4, 0.5) is 0 Å². The van der Waals surface area contributed by atoms with Crippen molar-refractivity contribution >= 4 is 5.91 Å². The molecule has 1 aliphatic heterocycles. The number of carbonyl (C=O) groups is 1. The Morgan fingerprint density at radius 1 is 1.25 bits per heavy atom. The van der Waals surface area contributed by atoms with Crippen LogP contribution in [-0.2, 0) is 16.0 Å². The molecule has 2 fully saturated rings. The molecule has 5 nitrogen and oxygen atoms in total. The molecular weight excluding hydrogens is 304 g/mol. The molecule has 126 valence electrons. The van der Waals surface area contributed by atoms with Crippen LogP contribution in [0.1, 0.15) is 31.6 Å². The second-order valence-corrected chi connectivity index (χ2v) is 6.48. The number of hydrogen-bond acceptors (Lipinski definition) is 4. The van der Waals surface area contributed by atoms with Crippen LogP contribution >= 0.6 is 0 Å². The van der Waals surface area contributed by atoms with Gasteiger partial charge >= 0.3 is 0 Å². The van der Waals surface area contributed by atoms with Gasteiger partial charge in [-0.15, -0.1) is 0 Å². The van der Waals surface area contributed by atoms with Crippen molar-refractivity contribution in [1.82, 2.24) is 9.88 Å². The highest BCUT2D eigenvalue weighted by molar-refractivity contribution is 5.77. The lowest BCUT2D eigenvalue weighted by atomic mass is 10.1. The van der Waals surface area contributed by atoms with E-state index in [-0.39, 0.29) is 18.1 Å². The number of morpholine rings is 1. The number of ether oxygens (including phenoxy) is 1. The molecule has 1 aromatic carbocycles. The number of nitrogens with zero attached hydrogens (tertiary/aromatic N) is 2. The minimum absolute atomic E-state index is 0.190. The van der Waals surface area contributed by atoms with Crippen molar-refractivity contribution in [2.75, 3.05) is 13.2 Å². The highest BCUT2D eigenvalue weighted by atomic mass is 16.5. The van der Waals surface area contributed by atoms with Crippen LogP contribution in [0.3, 0.4) is 0 Å². The van der Waals surface area contributed by atoms with Crippen molar-refractivity contribution in [3.8, 4) is 11.3 Å². The van der Waals surface area contributed by atoms with Gasteiger partial charge in [-0.05, 0) is 19.3 Å². The monoisotopic (exact) mass is 326 g/mol. The molecule has 1 aromatic heterocycles. The lowest BCUT2D eigenvalue weighted by Gasteiger charge is -2.37. The zero-order valence-corrected chi connectivity index (χ0v) is 13.7. The third kappa shape index (κ3) is 3.08. The van der Waals surface area contributed by atoms with Crippen molar-refractivity contribution < 1.29 is 13.9 Å². The Morgan fingerprint density at radius 3 is 3.00 bits per heavy atom. The van der Waals surface area contributed by atoms with E-state index in [1.54, 1.807) is 6.20 Å². The van der Waals surface area contributed by atoms with E-state index < -0.39 is 0 Å². The molecule has 24 heavy (non-hydrogen) atoms. The molecule has 2 aliphatic rings. The molecule has 0 N–H and O–H groups in total. The number of fused-ring (bicyclic) bond motifs is 1. The van der Waals surface area contributed by atoms with Crippen molar-refractivity contribution in [2.24, 2.45) is 0 Å². The van der Waals surface area contributed by atoms with Crippen LogP contribution in [0.5, 0.6) is 0 Å². The van der Waals surface area contributed by atoms with Gasteiger partial charge in [0.1, 0.15) is 0 Å². The predicted molar refractivity (Wildman–Crippen MR) is 89.4 cm³/mol. The maximum atomic E-state index is 12.6. The molecule has 2 atom stereocenters. The first-order valence-corrected chi connectivity index (χ1v) is 8.72. The number of oxazole rings is 1. The molecule has 2 unspecified atom stereocenters. The van der Waals surface area contributed by atoms with Crippen molar-refractivity contribution in [2.45, 2.75) is 44.2 Å². The Hall–Kier alpha value is -2.14. The molecule has 0 spiro atoms. The molecule has 1 aliphatic carbocycles. The van der Waals surface area contributed by atoms with Crippen LogP contribution in [-0.4, -0.2) is 41.1 Å². The summed E-state index contributed by atoms with van der Waals surface area (Å²) >= 11 is 0. The van der Waals surface area contributed by atoms with E-state index >= 15 is 0 Å². The van der Waals surface area contributed by atoms with Gasteiger partial charge in [-0.2, -0.15) is 0 Å². The Balaban J connectivity index is 1.37. The average molecular weight is 326 g/mol. The minimum Gasteiger partial charge on any atom is -0.441 e. The summed E-state index contributed by atoms with van der Waals surface area (Å²) in [4.78, 5) is 18.9. The smallest absolute Gasteiger partial charge is 0.223 e. The van der Waals surface area contributed by atoms with E-state index in [0.717, 1.165) is 30.6 Å². The maximum absolute atomic E-state index is 12.6. The van der Waals surface area contributed by atoms with Crippen molar-refractivity contribution in [3.05, 3.63) is 42.4 Å². The maximum Gasteiger partial charge on any atom is 0.223 e. The summed E-state index contributed by atoms with van der Waals surface area (Å²) in [7, 11) is 0. The van der Waals surface area contributed by atoms with Gasteiger partial charge in [0.2, 0.25) is 5.91 Å². The molecule has 5 heteroatoms. The second-order valence-electron chi connectivity index (χ2n) is 6.48. The second kappa shape index (κ2) is 6.77. The van der Waals surface area contributed by atoms with Crippen LogP contribution in [0.25, 0.3) is 11.3 Å². The first-order chi connectivity index (χ1) is 11.8. The van der Waals surface area contributed by atoms with Gasteiger partial charge in [0.25, 0.3) is 0 Å². The third-order valence-electron chi connectivity index (χ3n) is 4.97. The molecule has 2 aromatic rings. The summed E-state index contributed by atoms with van der Waals surface area (Å²) in [5.74, 6) is 1.56. The van der Waals surface area contributed by atoms with E-state index in [1.165, 1.54) is 0 Å². The lowest BCUT2D eigenvalue weighted by molar-refractivity contribution is -0.144. The molecule has 1 amide bonds. The van der Waals surface area contributed by atoms with Gasteiger partial charge in [-0.1, -0.05) is 30.3 Å². The van der Waals surface area contributed by atoms with Gasteiger partial charge in [0, 0.05) is 24.9 Å². The van der Waals surface area contributed by atoms with Crippen LogP contribution in [0, 0.1) is 0 Å². The summed E-state index contributed by atoms with van der Waals surface area (Å²) in [5.41, 5.74) is 1.00. The third-order valence-corrected chi connectivity index (χ3v) is 4.97. The van der Waals surface area contributed by atoms with Crippen LogP contribution < -0.4 is 0 Å². The van der Waals surface area contributed by atoms with E-state index in [2.05, 4.69) is 4.98 Å². The summed E-state index contributed by atoms with van der Waals surface area (Å²) in [6, 6.07) is 10.2. The standard InChI is InChI=1S/C19H22N2O3/c22-19(21-11-12-23-16-8-4-7-15(16)21)10-9-18-20-13-17(24-18)14-5-2-1-3-6-14/h1-3,5-6,13,15-16H,4,7-12H2. The highest BCUT2D eigenvalue weighted by Gasteiger charge is 2.38. The quantitative estimate of drug-likeness (QED) is 0.866. The molecule has 4 rings (SSSR count). The number of hydrogen-bond donors (Lipinski definition) is 0. The van der Waals surface area contributed by atoms with Gasteiger partial charge in [-0.25, -0.2) is 4.98 Å². The average Bonchev–Trinajstić information content (AvgIpc) is 3.29. The normalized spacial score (nSPS) is 23.2. The zero-order valence-electron chi connectivity index (χ0n) is 13.7. The molecule has 2 heterocycles. The molecule has 0 radical (unpaired) electrons. The van der Waals surface area contributed by atoms with E-state index in [1.807, 2.05) is 35.2 Å². The summed E-state index contributed by atoms with van der Waals surface area (Å²) in [6.45, 7) is 1.37. The Kier molecular flexibility index (Phi) is 4.34. The Morgan fingerprint density at radius 2 is 2.12 bits per heavy atom. The fourth-order valence-corrected chi connectivity index (χ4v) is 3.75. The van der Waals surface area contributed by atoms with Crippen molar-refractivity contribution in [1.29, 1.82) is 0 Å². The fourth-order valence-electron chi connectivity index (χ4n) is 3.75. The van der Waals surface area contributed by atoms with E-state index in [0.29, 0.717) is 31.9 Å². The zero-order chi connectivity index (χ0) is 16.4. The number of benzene rings is 1. The topological polar surface area (TPSA) is 55.6 Å². The molecule has 0 bridgehead atoms. The number of rotatable bonds is 4. The SMILES string of the molecule is O=C(CCc1ncc(-c2ccccc2)o1)N1CCOC2CCCC21. The molecule has 1 saturated heterocycles. The number of aryl methyl sites for hydroxylation is 1. The Labute approximate surface area is 141 Å². The van der Waals surface area contributed by atoms with Crippen LogP contribution in [0.15, 0.2) is 40.9 Å². The van der Waals surface area contributed by atoms with E-state index in [4.69, 9.17) is 9.15 Å². The molecule has 1 saturated carbocycles. The summed E-state index contributed by atoms with van der Waals surface area (Å²) < 4.78 is 11.6. The Bertz CT molecular complexity index is 698. The van der Waals surface area contributed by atoms with E-state index in [9.17, 15) is 4.79 Å². The number of amides is 1. The van der Waals surface area contributed by atoms with Gasteiger partial charge in [0.05, 0.1) is 24.9 Å². The summed E-state index contributed by atoms with van der Waals surface area (Å²) in [6.07, 6.45) is 6.26. The van der Waals surface area contributed by atoms with Gasteiger partial charge in [0.15, 0.2) is 11.7 Å². The highest BCUT2D eigenvalue weighted by Crippen LogP contribution is 2.30. The largest absolute Gasteiger partial charge is 0.441 e. The first-order valence-electron chi connectivity index (χ1n) is 8.72. The number of aromatic nitrogens is 1. The predicted octanol–water partition coefficient (Wildman–Crippen LogP) is 3.05. The van der Waals surface area contributed by atoms with Crippen molar-refractivity contribution in [3.63, 3.8) is 0 Å². The first kappa shape index (κ1) is 15.4. The lowest BCUT2D eigenvalue weighted by Crippen LogP contribution is -2.51.